The topological polar surface area (TPSA) is 50.1 Å². The van der Waals surface area contributed by atoms with E-state index in [1.807, 2.05) is 19.1 Å². The third kappa shape index (κ3) is 1.89. The van der Waals surface area contributed by atoms with Crippen LogP contribution >= 0.6 is 0 Å². The number of ether oxygens (including phenoxy) is 1. The predicted molar refractivity (Wildman–Crippen MR) is 80.1 cm³/mol. The molecule has 0 amide bonds. The van der Waals surface area contributed by atoms with E-state index in [-0.39, 0.29) is 11.3 Å². The van der Waals surface area contributed by atoms with Crippen LogP contribution in [0.5, 0.6) is 5.75 Å². The SMILES string of the molecule is COc1ccc2c(c1)CC[C@H]1[C@@]2(C#N)CCC[C@@]1(C)C=O. The molecule has 1 fully saturated rings. The van der Waals surface area contributed by atoms with Gasteiger partial charge in [-0.15, -0.1) is 0 Å². The van der Waals surface area contributed by atoms with Crippen LogP contribution in [-0.2, 0) is 16.6 Å². The Kier molecular flexibility index (Phi) is 3.28. The maximum atomic E-state index is 11.7. The lowest BCUT2D eigenvalue weighted by Crippen LogP contribution is -2.50. The van der Waals surface area contributed by atoms with Gasteiger partial charge in [0.2, 0.25) is 0 Å². The monoisotopic (exact) mass is 283 g/mol. The fourth-order valence-corrected chi connectivity index (χ4v) is 4.53. The van der Waals surface area contributed by atoms with Gasteiger partial charge in [-0.3, -0.25) is 0 Å². The van der Waals surface area contributed by atoms with Crippen molar-refractivity contribution in [1.82, 2.24) is 0 Å². The highest BCUT2D eigenvalue weighted by Gasteiger charge is 2.54. The van der Waals surface area contributed by atoms with Gasteiger partial charge in [-0.2, -0.15) is 5.26 Å². The molecule has 3 atom stereocenters. The van der Waals surface area contributed by atoms with Gasteiger partial charge in [-0.25, -0.2) is 0 Å². The molecule has 110 valence electrons. The molecule has 3 heteroatoms. The number of carbonyl (C=O) groups is 1. The molecule has 3 nitrogen and oxygen atoms in total. The van der Waals surface area contributed by atoms with Gasteiger partial charge in [0.05, 0.1) is 18.6 Å². The summed E-state index contributed by atoms with van der Waals surface area (Å²) in [6.45, 7) is 2.03. The zero-order valence-corrected chi connectivity index (χ0v) is 12.7. The Morgan fingerprint density at radius 3 is 2.90 bits per heavy atom. The van der Waals surface area contributed by atoms with E-state index in [1.165, 1.54) is 5.56 Å². The first kappa shape index (κ1) is 14.1. The van der Waals surface area contributed by atoms with Gasteiger partial charge in [-0.05, 0) is 54.9 Å². The standard InChI is InChI=1S/C18H21NO2/c1-17(12-20)8-3-9-18(11-19)15-6-5-14(21-2)10-13(15)4-7-16(17)18/h5-6,10,12,16H,3-4,7-9H2,1-2H3/t16-,17+,18-/m1/s1. The number of benzene rings is 1. The van der Waals surface area contributed by atoms with Gasteiger partial charge >= 0.3 is 0 Å². The number of nitriles is 1. The molecule has 2 aliphatic rings. The van der Waals surface area contributed by atoms with E-state index in [2.05, 4.69) is 12.1 Å². The summed E-state index contributed by atoms with van der Waals surface area (Å²) in [5.74, 6) is 0.969. The highest BCUT2D eigenvalue weighted by Crippen LogP contribution is 2.56. The number of hydrogen-bond donors (Lipinski definition) is 0. The Hall–Kier alpha value is -1.82. The first-order chi connectivity index (χ1) is 10.1. The van der Waals surface area contributed by atoms with Crippen molar-refractivity contribution >= 4 is 6.29 Å². The van der Waals surface area contributed by atoms with Crippen LogP contribution in [0.4, 0.5) is 0 Å². The number of methoxy groups -OCH3 is 1. The predicted octanol–water partition coefficient (Wildman–Crippen LogP) is 3.41. The summed E-state index contributed by atoms with van der Waals surface area (Å²) in [7, 11) is 1.66. The molecule has 0 saturated heterocycles. The van der Waals surface area contributed by atoms with Crippen LogP contribution < -0.4 is 4.74 Å². The molecule has 1 saturated carbocycles. The van der Waals surface area contributed by atoms with Gasteiger partial charge < -0.3 is 9.53 Å². The Balaban J connectivity index is 2.15. The number of nitrogens with zero attached hydrogens (tertiary/aromatic N) is 1. The molecule has 3 rings (SSSR count). The van der Waals surface area contributed by atoms with Crippen molar-refractivity contribution in [2.24, 2.45) is 11.3 Å². The highest BCUT2D eigenvalue weighted by atomic mass is 16.5. The van der Waals surface area contributed by atoms with E-state index in [4.69, 9.17) is 4.74 Å². The van der Waals surface area contributed by atoms with Crippen molar-refractivity contribution in [3.63, 3.8) is 0 Å². The first-order valence-corrected chi connectivity index (χ1v) is 7.64. The quantitative estimate of drug-likeness (QED) is 0.781. The molecule has 0 radical (unpaired) electrons. The lowest BCUT2D eigenvalue weighted by molar-refractivity contribution is -0.122. The number of carbonyl (C=O) groups excluding carboxylic acids is 1. The summed E-state index contributed by atoms with van der Waals surface area (Å²) in [6, 6.07) is 8.64. The van der Waals surface area contributed by atoms with E-state index in [9.17, 15) is 10.1 Å². The Labute approximate surface area is 125 Å². The van der Waals surface area contributed by atoms with Crippen LogP contribution in [0.25, 0.3) is 0 Å². The van der Waals surface area contributed by atoms with Crippen molar-refractivity contribution in [2.45, 2.75) is 44.4 Å². The van der Waals surface area contributed by atoms with Gasteiger partial charge in [-0.1, -0.05) is 19.4 Å². The summed E-state index contributed by atoms with van der Waals surface area (Å²) < 4.78 is 5.31. The summed E-state index contributed by atoms with van der Waals surface area (Å²) in [4.78, 5) is 11.7. The van der Waals surface area contributed by atoms with E-state index in [0.29, 0.717) is 0 Å². The lowest BCUT2D eigenvalue weighted by atomic mass is 9.50. The highest BCUT2D eigenvalue weighted by molar-refractivity contribution is 5.62. The van der Waals surface area contributed by atoms with Crippen LogP contribution in [0.15, 0.2) is 18.2 Å². The van der Waals surface area contributed by atoms with Crippen molar-refractivity contribution < 1.29 is 9.53 Å². The van der Waals surface area contributed by atoms with Gasteiger partial charge in [0.15, 0.2) is 0 Å². The molecule has 0 heterocycles. The number of hydrogen-bond acceptors (Lipinski definition) is 3. The van der Waals surface area contributed by atoms with Crippen molar-refractivity contribution in [2.75, 3.05) is 7.11 Å². The van der Waals surface area contributed by atoms with E-state index in [0.717, 1.165) is 49.7 Å². The van der Waals surface area contributed by atoms with Crippen molar-refractivity contribution in [3.8, 4) is 11.8 Å². The summed E-state index contributed by atoms with van der Waals surface area (Å²) in [5, 5.41) is 9.98. The van der Waals surface area contributed by atoms with Crippen LogP contribution in [0, 0.1) is 22.7 Å². The summed E-state index contributed by atoms with van der Waals surface area (Å²) >= 11 is 0. The second-order valence-corrected chi connectivity index (χ2v) is 6.67. The fraction of sp³-hybridized carbons (Fsp3) is 0.556. The van der Waals surface area contributed by atoms with E-state index < -0.39 is 5.41 Å². The van der Waals surface area contributed by atoms with E-state index >= 15 is 0 Å². The third-order valence-corrected chi connectivity index (χ3v) is 5.64. The second-order valence-electron chi connectivity index (χ2n) is 6.67. The van der Waals surface area contributed by atoms with Crippen molar-refractivity contribution in [1.29, 1.82) is 5.26 Å². The molecule has 21 heavy (non-hydrogen) atoms. The first-order valence-electron chi connectivity index (χ1n) is 7.64. The van der Waals surface area contributed by atoms with E-state index in [1.54, 1.807) is 7.11 Å². The Morgan fingerprint density at radius 2 is 2.24 bits per heavy atom. The molecule has 1 aromatic rings. The molecular weight excluding hydrogens is 262 g/mol. The van der Waals surface area contributed by atoms with Crippen molar-refractivity contribution in [3.05, 3.63) is 29.3 Å². The fourth-order valence-electron chi connectivity index (χ4n) is 4.53. The third-order valence-electron chi connectivity index (χ3n) is 5.64. The number of fused-ring (bicyclic) bond motifs is 3. The zero-order valence-electron chi connectivity index (χ0n) is 12.7. The molecule has 0 aromatic heterocycles. The molecule has 0 spiro atoms. The van der Waals surface area contributed by atoms with Crippen LogP contribution in [0.3, 0.4) is 0 Å². The molecule has 0 unspecified atom stereocenters. The summed E-state index contributed by atoms with van der Waals surface area (Å²) in [6.07, 6.45) is 5.61. The Morgan fingerprint density at radius 1 is 1.43 bits per heavy atom. The lowest BCUT2D eigenvalue weighted by Gasteiger charge is -2.51. The average molecular weight is 283 g/mol. The average Bonchev–Trinajstić information content (AvgIpc) is 2.54. The van der Waals surface area contributed by atoms with Gasteiger partial charge in [0, 0.05) is 5.41 Å². The van der Waals surface area contributed by atoms with Crippen LogP contribution in [-0.4, -0.2) is 13.4 Å². The number of aldehydes is 1. The number of aryl methyl sites for hydroxylation is 1. The van der Waals surface area contributed by atoms with Gasteiger partial charge in [0.25, 0.3) is 0 Å². The minimum atomic E-state index is -0.506. The molecular formula is C18H21NO2. The van der Waals surface area contributed by atoms with Crippen LogP contribution in [0.2, 0.25) is 0 Å². The molecule has 0 N–H and O–H groups in total. The molecule has 2 aliphatic carbocycles. The smallest absolute Gasteiger partial charge is 0.126 e. The minimum absolute atomic E-state index is 0.127. The molecule has 1 aromatic carbocycles. The van der Waals surface area contributed by atoms with Crippen LogP contribution in [0.1, 0.15) is 43.7 Å². The normalized spacial score (nSPS) is 34.2. The largest absolute Gasteiger partial charge is 0.497 e. The summed E-state index contributed by atoms with van der Waals surface area (Å²) in [5.41, 5.74) is 1.46. The molecule has 0 aliphatic heterocycles. The Bertz CT molecular complexity index is 618. The second kappa shape index (κ2) is 4.87. The zero-order chi connectivity index (χ0) is 15.1. The number of rotatable bonds is 2. The van der Waals surface area contributed by atoms with Gasteiger partial charge in [0.1, 0.15) is 12.0 Å². The maximum Gasteiger partial charge on any atom is 0.126 e. The maximum absolute atomic E-state index is 11.7. The minimum Gasteiger partial charge on any atom is -0.497 e. The molecule has 0 bridgehead atoms.